The Bertz CT molecular complexity index is 474. The number of fused-ring (bicyclic) bond motifs is 1. The van der Waals surface area contributed by atoms with Gasteiger partial charge in [0.1, 0.15) is 0 Å². The number of carbonyl (C=O) groups excluding carboxylic acids is 1. The first-order valence-corrected chi connectivity index (χ1v) is 3.65. The van der Waals surface area contributed by atoms with Crippen LogP contribution in [0.5, 0.6) is 0 Å². The quantitative estimate of drug-likeness (QED) is 0.373. The van der Waals surface area contributed by atoms with Crippen molar-refractivity contribution in [2.24, 2.45) is 0 Å². The van der Waals surface area contributed by atoms with Crippen LogP contribution in [0, 0.1) is 12.1 Å². The number of benzene rings is 1. The maximum Gasteiger partial charge on any atom is 0.424 e. The van der Waals surface area contributed by atoms with E-state index in [2.05, 4.69) is 0 Å². The highest BCUT2D eigenvalue weighted by molar-refractivity contribution is 6.06. The molecule has 0 spiro atoms. The fourth-order valence-corrected chi connectivity index (χ4v) is 1.28. The van der Waals surface area contributed by atoms with E-state index in [9.17, 15) is 10.0 Å². The molecule has 1 aliphatic rings. The maximum absolute atomic E-state index is 11.0. The highest BCUT2D eigenvalue weighted by atomic mass is 16.5. The summed E-state index contributed by atoms with van der Waals surface area (Å²) in [5.74, 6) is -0.490. The minimum atomic E-state index is -0.490. The molecule has 1 aromatic rings. The van der Waals surface area contributed by atoms with E-state index in [1.165, 1.54) is 6.08 Å². The summed E-state index contributed by atoms with van der Waals surface area (Å²) in [5, 5.41) is 12.2. The van der Waals surface area contributed by atoms with Gasteiger partial charge in [0.2, 0.25) is 5.36 Å². The van der Waals surface area contributed by atoms with Gasteiger partial charge in [0.15, 0.2) is 0 Å². The summed E-state index contributed by atoms with van der Waals surface area (Å²) in [4.78, 5) is 10.9. The Kier molecular flexibility index (Phi) is 1.27. The lowest BCUT2D eigenvalue weighted by Gasteiger charge is -1.91. The van der Waals surface area contributed by atoms with Crippen LogP contribution in [0.3, 0.4) is 0 Å². The molecule has 0 saturated heterocycles. The van der Waals surface area contributed by atoms with Gasteiger partial charge in [-0.05, 0) is 13.0 Å². The van der Waals surface area contributed by atoms with Gasteiger partial charge in [-0.2, -0.15) is 0 Å². The lowest BCUT2D eigenvalue weighted by atomic mass is 10.2. The van der Waals surface area contributed by atoms with E-state index in [-0.39, 0.29) is 0 Å². The van der Waals surface area contributed by atoms with Crippen molar-refractivity contribution in [3.8, 4) is 0 Å². The van der Waals surface area contributed by atoms with Gasteiger partial charge in [0.05, 0.1) is 11.3 Å². The summed E-state index contributed by atoms with van der Waals surface area (Å²) in [6.45, 7) is 1.92. The van der Waals surface area contributed by atoms with Gasteiger partial charge in [0.25, 0.3) is 0 Å². The third kappa shape index (κ3) is 0.830. The molecule has 12 heavy (non-hydrogen) atoms. The monoisotopic (exact) mass is 161 g/mol. The van der Waals surface area contributed by atoms with E-state index in [1.807, 2.05) is 19.1 Å². The molecule has 1 heterocycles. The molecule has 0 bridgehead atoms. The Hall–Kier alpha value is -1.64. The van der Waals surface area contributed by atoms with Gasteiger partial charge in [-0.25, -0.2) is 4.79 Å². The molecule has 0 saturated carbocycles. The number of carbonyl (C=O) groups is 1. The number of hydrogen-bond acceptors (Lipinski definition) is 2. The van der Waals surface area contributed by atoms with Crippen LogP contribution in [-0.2, 0) is 4.79 Å². The van der Waals surface area contributed by atoms with Gasteiger partial charge in [0, 0.05) is 6.07 Å². The molecule has 60 valence electrons. The lowest BCUT2D eigenvalue weighted by molar-refractivity contribution is -0.115. The zero-order chi connectivity index (χ0) is 8.72. The van der Waals surface area contributed by atoms with Gasteiger partial charge >= 0.3 is 5.91 Å². The highest BCUT2D eigenvalue weighted by Crippen LogP contribution is 1.88. The van der Waals surface area contributed by atoms with Crippen molar-refractivity contribution < 1.29 is 4.79 Å². The molecule has 3 heteroatoms. The van der Waals surface area contributed by atoms with Crippen LogP contribution in [0.15, 0.2) is 18.2 Å². The minimum Gasteiger partial charge on any atom is -0.615 e. The average Bonchev–Trinajstić information content (AvgIpc) is 2.28. The minimum absolute atomic E-state index is 0.411. The Morgan fingerprint density at radius 2 is 2.17 bits per heavy atom. The van der Waals surface area contributed by atoms with Crippen molar-refractivity contribution in [2.75, 3.05) is 0 Å². The van der Waals surface area contributed by atoms with Crippen LogP contribution < -0.4 is 15.3 Å². The van der Waals surface area contributed by atoms with Crippen LogP contribution >= 0.6 is 0 Å². The average molecular weight is 161 g/mol. The van der Waals surface area contributed by atoms with Crippen molar-refractivity contribution in [3.05, 3.63) is 39.5 Å². The number of nitrogens with zero attached hydrogens (tertiary/aromatic N) is 1. The zero-order valence-corrected chi connectivity index (χ0v) is 6.57. The van der Waals surface area contributed by atoms with Crippen LogP contribution in [0.25, 0.3) is 6.08 Å². The Morgan fingerprint density at radius 3 is 2.92 bits per heavy atom. The molecule has 0 atom stereocenters. The second kappa shape index (κ2) is 2.17. The van der Waals surface area contributed by atoms with E-state index in [0.29, 0.717) is 10.1 Å². The third-order valence-electron chi connectivity index (χ3n) is 1.88. The normalized spacial score (nSPS) is 14.4. The van der Waals surface area contributed by atoms with Crippen molar-refractivity contribution in [3.63, 3.8) is 0 Å². The summed E-state index contributed by atoms with van der Waals surface area (Å²) in [5.41, 5.74) is 1.05. The number of amides is 1. The number of aryl methyl sites for hydroxylation is 1. The molecule has 0 radical (unpaired) electrons. The fourth-order valence-electron chi connectivity index (χ4n) is 1.28. The molecule has 0 unspecified atom stereocenters. The van der Waals surface area contributed by atoms with Crippen molar-refractivity contribution >= 4 is 12.0 Å². The first-order chi connectivity index (χ1) is 5.68. The number of hydroxylamine groups is 1. The predicted molar refractivity (Wildman–Crippen MR) is 44.5 cm³/mol. The Labute approximate surface area is 68.8 Å². The van der Waals surface area contributed by atoms with Gasteiger partial charge < -0.3 is 5.21 Å². The standard InChI is InChI=1S/C9H7NO2/c1-6-2-3-8-7(4-6)5-9(11)10(8)12/h2-5H,1H3. The first-order valence-electron chi connectivity index (χ1n) is 3.65. The third-order valence-corrected chi connectivity index (χ3v) is 1.88. The fraction of sp³-hybridized carbons (Fsp3) is 0.111. The SMILES string of the molecule is Cc1ccc2c(c1)=CC(=O)[N+]=2[O-]. The molecular weight excluding hydrogens is 154 g/mol. The molecule has 0 aliphatic carbocycles. The molecule has 1 aliphatic heterocycles. The summed E-state index contributed by atoms with van der Waals surface area (Å²) >= 11 is 0. The van der Waals surface area contributed by atoms with Gasteiger partial charge in [-0.1, -0.05) is 11.6 Å². The van der Waals surface area contributed by atoms with E-state index < -0.39 is 5.91 Å². The lowest BCUT2D eigenvalue weighted by Crippen LogP contribution is -2.31. The smallest absolute Gasteiger partial charge is 0.424 e. The molecule has 3 nitrogen and oxygen atoms in total. The topological polar surface area (TPSA) is 43.1 Å². The number of hydrogen-bond donors (Lipinski definition) is 0. The molecule has 1 amide bonds. The molecular formula is C9H7NO2. The van der Waals surface area contributed by atoms with Crippen molar-refractivity contribution in [1.29, 1.82) is 0 Å². The van der Waals surface area contributed by atoms with Crippen LogP contribution in [-0.4, -0.2) is 5.91 Å². The van der Waals surface area contributed by atoms with Gasteiger partial charge in [-0.3, -0.25) is 0 Å². The van der Waals surface area contributed by atoms with Crippen molar-refractivity contribution in [1.82, 2.24) is 4.74 Å². The predicted octanol–water partition coefficient (Wildman–Crippen LogP) is -0.695. The molecule has 0 fully saturated rings. The molecule has 0 N–H and O–H groups in total. The van der Waals surface area contributed by atoms with E-state index in [1.54, 1.807) is 6.07 Å². The molecule has 2 rings (SSSR count). The highest BCUT2D eigenvalue weighted by Gasteiger charge is 2.15. The molecule has 0 aromatic heterocycles. The summed E-state index contributed by atoms with van der Waals surface area (Å²) in [7, 11) is 0. The molecule has 1 aromatic carbocycles. The zero-order valence-electron chi connectivity index (χ0n) is 6.57. The number of rotatable bonds is 0. The van der Waals surface area contributed by atoms with E-state index in [0.717, 1.165) is 10.8 Å². The summed E-state index contributed by atoms with van der Waals surface area (Å²) < 4.78 is 0.411. The van der Waals surface area contributed by atoms with Gasteiger partial charge in [-0.15, -0.1) is 4.74 Å². The Balaban J connectivity index is 2.94. The second-order valence-electron chi connectivity index (χ2n) is 2.84. The van der Waals surface area contributed by atoms with Crippen LogP contribution in [0.2, 0.25) is 0 Å². The maximum atomic E-state index is 11.0. The largest absolute Gasteiger partial charge is 0.615 e. The van der Waals surface area contributed by atoms with Crippen LogP contribution in [0.4, 0.5) is 0 Å². The first kappa shape index (κ1) is 7.03. The van der Waals surface area contributed by atoms with Crippen LogP contribution in [0.1, 0.15) is 5.56 Å². The second-order valence-corrected chi connectivity index (χ2v) is 2.84. The summed E-state index contributed by atoms with van der Waals surface area (Å²) in [6, 6.07) is 5.31. The summed E-state index contributed by atoms with van der Waals surface area (Å²) in [6.07, 6.45) is 1.36. The van der Waals surface area contributed by atoms with E-state index >= 15 is 0 Å². The van der Waals surface area contributed by atoms with E-state index in [4.69, 9.17) is 0 Å². The van der Waals surface area contributed by atoms with Crippen molar-refractivity contribution in [2.45, 2.75) is 6.92 Å². The Morgan fingerprint density at radius 1 is 1.42 bits per heavy atom.